The van der Waals surface area contributed by atoms with Crippen LogP contribution in [0, 0.1) is 5.92 Å². The van der Waals surface area contributed by atoms with Gasteiger partial charge in [0, 0.05) is 30.3 Å². The zero-order valence-corrected chi connectivity index (χ0v) is 20.1. The van der Waals surface area contributed by atoms with E-state index in [1.165, 1.54) is 5.56 Å². The van der Waals surface area contributed by atoms with Crippen molar-refractivity contribution < 1.29 is 14.3 Å². The van der Waals surface area contributed by atoms with Crippen molar-refractivity contribution in [3.05, 3.63) is 90.0 Å². The molecule has 3 aromatic carbocycles. The van der Waals surface area contributed by atoms with Crippen LogP contribution >= 0.6 is 0 Å². The van der Waals surface area contributed by atoms with Crippen molar-refractivity contribution in [2.24, 2.45) is 5.92 Å². The van der Waals surface area contributed by atoms with Crippen molar-refractivity contribution in [3.8, 4) is 11.5 Å². The topological polar surface area (TPSA) is 58.6 Å². The van der Waals surface area contributed by atoms with Crippen LogP contribution in [0.25, 0.3) is 0 Å². The first-order valence-electron chi connectivity index (χ1n) is 11.8. The van der Waals surface area contributed by atoms with Crippen LogP contribution < -0.4 is 10.1 Å². The molecule has 0 radical (unpaired) electrons. The molecule has 0 aromatic heterocycles. The van der Waals surface area contributed by atoms with Crippen LogP contribution in [0.3, 0.4) is 0 Å². The van der Waals surface area contributed by atoms with E-state index in [1.54, 1.807) is 0 Å². The molecule has 176 valence electrons. The van der Waals surface area contributed by atoms with Gasteiger partial charge in [0.15, 0.2) is 0 Å². The standard InChI is InChI=1S/C29H32N2O3/c1-29(2,3)23-11-9-22(10-12-23)28(33)31-19-17-21(18-20-31)27(32)30-24-13-15-26(16-14-24)34-25-7-5-4-6-8-25/h4-16,21H,17-20H2,1-3H3,(H,30,32). The number of hydrogen-bond acceptors (Lipinski definition) is 3. The zero-order chi connectivity index (χ0) is 24.1. The predicted octanol–water partition coefficient (Wildman–Crippen LogP) is 6.27. The molecule has 5 heteroatoms. The van der Waals surface area contributed by atoms with E-state index in [1.807, 2.05) is 83.8 Å². The van der Waals surface area contributed by atoms with E-state index in [9.17, 15) is 9.59 Å². The Kier molecular flexibility index (Phi) is 7.01. The highest BCUT2D eigenvalue weighted by Gasteiger charge is 2.28. The van der Waals surface area contributed by atoms with Gasteiger partial charge in [-0.3, -0.25) is 9.59 Å². The average Bonchev–Trinajstić information content (AvgIpc) is 2.85. The first-order valence-corrected chi connectivity index (χ1v) is 11.8. The first kappa shape index (κ1) is 23.6. The largest absolute Gasteiger partial charge is 0.457 e. The van der Waals surface area contributed by atoms with Gasteiger partial charge in [0.1, 0.15) is 11.5 Å². The van der Waals surface area contributed by atoms with Gasteiger partial charge in [-0.25, -0.2) is 0 Å². The molecule has 0 bridgehead atoms. The Bertz CT molecular complexity index is 1110. The van der Waals surface area contributed by atoms with Crippen LogP contribution in [-0.2, 0) is 10.2 Å². The van der Waals surface area contributed by atoms with Crippen LogP contribution in [0.5, 0.6) is 11.5 Å². The minimum Gasteiger partial charge on any atom is -0.457 e. The van der Waals surface area contributed by atoms with Crippen molar-refractivity contribution in [2.45, 2.75) is 39.0 Å². The highest BCUT2D eigenvalue weighted by atomic mass is 16.5. The smallest absolute Gasteiger partial charge is 0.253 e. The molecule has 0 spiro atoms. The molecule has 1 N–H and O–H groups in total. The molecule has 3 aromatic rings. The maximum Gasteiger partial charge on any atom is 0.253 e. The lowest BCUT2D eigenvalue weighted by Gasteiger charge is -2.31. The summed E-state index contributed by atoms with van der Waals surface area (Å²) in [6, 6.07) is 24.8. The molecule has 1 aliphatic rings. The molecule has 1 aliphatic heterocycles. The Morgan fingerprint density at radius 2 is 1.41 bits per heavy atom. The predicted molar refractivity (Wildman–Crippen MR) is 135 cm³/mol. The summed E-state index contributed by atoms with van der Waals surface area (Å²) >= 11 is 0. The lowest BCUT2D eigenvalue weighted by molar-refractivity contribution is -0.121. The fourth-order valence-corrected chi connectivity index (χ4v) is 4.12. The number of benzene rings is 3. The second kappa shape index (κ2) is 10.1. The van der Waals surface area contributed by atoms with Crippen molar-refractivity contribution in [1.29, 1.82) is 0 Å². The van der Waals surface area contributed by atoms with Gasteiger partial charge in [0.25, 0.3) is 5.91 Å². The average molecular weight is 457 g/mol. The van der Waals surface area contributed by atoms with Crippen molar-refractivity contribution in [3.63, 3.8) is 0 Å². The van der Waals surface area contributed by atoms with Gasteiger partial charge in [-0.05, 0) is 72.4 Å². The second-order valence-corrected chi connectivity index (χ2v) is 9.82. The van der Waals surface area contributed by atoms with Crippen LogP contribution in [0.4, 0.5) is 5.69 Å². The molecule has 0 unspecified atom stereocenters. The third-order valence-electron chi connectivity index (χ3n) is 6.25. The number of piperidine rings is 1. The lowest BCUT2D eigenvalue weighted by atomic mass is 9.86. The molecule has 5 nitrogen and oxygen atoms in total. The number of nitrogens with zero attached hydrogens (tertiary/aromatic N) is 1. The molecule has 4 rings (SSSR count). The number of hydrogen-bond donors (Lipinski definition) is 1. The molecule has 0 aliphatic carbocycles. The number of ether oxygens (including phenoxy) is 1. The first-order chi connectivity index (χ1) is 16.3. The summed E-state index contributed by atoms with van der Waals surface area (Å²) in [6.45, 7) is 7.65. The van der Waals surface area contributed by atoms with E-state index < -0.39 is 0 Å². The van der Waals surface area contributed by atoms with Crippen molar-refractivity contribution in [2.75, 3.05) is 18.4 Å². The summed E-state index contributed by atoms with van der Waals surface area (Å²) in [6.07, 6.45) is 1.32. The maximum absolute atomic E-state index is 12.9. The number of carbonyl (C=O) groups is 2. The fourth-order valence-electron chi connectivity index (χ4n) is 4.12. The monoisotopic (exact) mass is 456 g/mol. The maximum atomic E-state index is 12.9. The summed E-state index contributed by atoms with van der Waals surface area (Å²) in [5.41, 5.74) is 2.71. The summed E-state index contributed by atoms with van der Waals surface area (Å²) in [4.78, 5) is 27.5. The summed E-state index contributed by atoms with van der Waals surface area (Å²) in [7, 11) is 0. The molecule has 34 heavy (non-hydrogen) atoms. The summed E-state index contributed by atoms with van der Waals surface area (Å²) < 4.78 is 5.80. The van der Waals surface area contributed by atoms with Gasteiger partial charge in [-0.2, -0.15) is 0 Å². The lowest BCUT2D eigenvalue weighted by Crippen LogP contribution is -2.41. The molecule has 1 heterocycles. The fraction of sp³-hybridized carbons (Fsp3) is 0.310. The molecular formula is C29H32N2O3. The van der Waals surface area contributed by atoms with E-state index in [-0.39, 0.29) is 23.1 Å². The Morgan fingerprint density at radius 1 is 0.824 bits per heavy atom. The third kappa shape index (κ3) is 5.84. The van der Waals surface area contributed by atoms with Crippen LogP contribution in [0.1, 0.15) is 49.5 Å². The van der Waals surface area contributed by atoms with E-state index in [4.69, 9.17) is 4.74 Å². The van der Waals surface area contributed by atoms with Crippen LogP contribution in [0.2, 0.25) is 0 Å². The Balaban J connectivity index is 1.27. The minimum atomic E-state index is -0.104. The van der Waals surface area contributed by atoms with Crippen LogP contribution in [0.15, 0.2) is 78.9 Å². The second-order valence-electron chi connectivity index (χ2n) is 9.82. The number of carbonyl (C=O) groups excluding carboxylic acids is 2. The Labute approximate surface area is 201 Å². The van der Waals surface area contributed by atoms with Crippen LogP contribution in [-0.4, -0.2) is 29.8 Å². The quantitative estimate of drug-likeness (QED) is 0.492. The van der Waals surface area contributed by atoms with Gasteiger partial charge < -0.3 is 15.0 Å². The number of anilines is 1. The summed E-state index contributed by atoms with van der Waals surface area (Å²) in [5.74, 6) is 1.41. The van der Waals surface area contributed by atoms with Gasteiger partial charge in [0.05, 0.1) is 0 Å². The van der Waals surface area contributed by atoms with Gasteiger partial charge in [0.2, 0.25) is 5.91 Å². The Hall–Kier alpha value is -3.60. The highest BCUT2D eigenvalue weighted by molar-refractivity contribution is 5.95. The zero-order valence-electron chi connectivity index (χ0n) is 20.1. The van der Waals surface area contributed by atoms with Crippen molar-refractivity contribution in [1.82, 2.24) is 4.90 Å². The highest BCUT2D eigenvalue weighted by Crippen LogP contribution is 2.26. The van der Waals surface area contributed by atoms with E-state index in [0.717, 1.165) is 11.4 Å². The number of rotatable bonds is 5. The van der Waals surface area contributed by atoms with Gasteiger partial charge >= 0.3 is 0 Å². The number of para-hydroxylation sites is 1. The third-order valence-corrected chi connectivity index (χ3v) is 6.25. The molecule has 2 amide bonds. The van der Waals surface area contributed by atoms with Gasteiger partial charge in [-0.1, -0.05) is 51.1 Å². The van der Waals surface area contributed by atoms with E-state index in [2.05, 4.69) is 26.1 Å². The number of likely N-dealkylation sites (tertiary alicyclic amines) is 1. The normalized spacial score (nSPS) is 14.5. The molecule has 0 saturated carbocycles. The molecule has 1 fully saturated rings. The molecule has 1 saturated heterocycles. The number of nitrogens with one attached hydrogen (secondary N) is 1. The van der Waals surface area contributed by atoms with Crippen molar-refractivity contribution >= 4 is 17.5 Å². The minimum absolute atomic E-state index is 0.00152. The van der Waals surface area contributed by atoms with E-state index >= 15 is 0 Å². The van der Waals surface area contributed by atoms with E-state index in [0.29, 0.717) is 37.2 Å². The molecule has 0 atom stereocenters. The Morgan fingerprint density at radius 3 is 2.00 bits per heavy atom. The van der Waals surface area contributed by atoms with Gasteiger partial charge in [-0.15, -0.1) is 0 Å². The SMILES string of the molecule is CC(C)(C)c1ccc(C(=O)N2CCC(C(=O)Nc3ccc(Oc4ccccc4)cc3)CC2)cc1. The number of amides is 2. The molecular weight excluding hydrogens is 424 g/mol. The summed E-state index contributed by atoms with van der Waals surface area (Å²) in [5, 5.41) is 3.00.